The van der Waals surface area contributed by atoms with Gasteiger partial charge in [0, 0.05) is 18.2 Å². The van der Waals surface area contributed by atoms with E-state index in [1.807, 2.05) is 6.92 Å². The molecule has 1 aliphatic heterocycles. The maximum Gasteiger partial charge on any atom is 0.239 e. The quantitative estimate of drug-likeness (QED) is 0.912. The van der Waals surface area contributed by atoms with Gasteiger partial charge in [0.15, 0.2) is 0 Å². The van der Waals surface area contributed by atoms with Gasteiger partial charge in [-0.3, -0.25) is 9.69 Å². The molecule has 1 aliphatic carbocycles. The summed E-state index contributed by atoms with van der Waals surface area (Å²) in [6.45, 7) is 4.25. The van der Waals surface area contributed by atoms with Crippen LogP contribution in [0.15, 0.2) is 30.3 Å². The molecule has 138 valence electrons. The minimum atomic E-state index is -0.382. The lowest BCUT2D eigenvalue weighted by molar-refractivity contribution is -0.131. The second kappa shape index (κ2) is 6.81. The van der Waals surface area contributed by atoms with Gasteiger partial charge in [0.05, 0.1) is 25.5 Å². The summed E-state index contributed by atoms with van der Waals surface area (Å²) in [5.74, 6) is -0.0168. The highest BCUT2D eigenvalue weighted by Crippen LogP contribution is 2.39. The van der Waals surface area contributed by atoms with Crippen LogP contribution in [0.5, 0.6) is 0 Å². The maximum absolute atomic E-state index is 14.1. The van der Waals surface area contributed by atoms with Crippen molar-refractivity contribution in [2.45, 2.75) is 31.7 Å². The molecule has 2 aliphatic rings. The predicted octanol–water partition coefficient (Wildman–Crippen LogP) is 2.51. The Labute approximate surface area is 151 Å². The molecule has 1 N–H and O–H groups in total. The van der Waals surface area contributed by atoms with E-state index in [0.29, 0.717) is 37.0 Å². The number of para-hydroxylation sites is 1. The number of halogens is 1. The van der Waals surface area contributed by atoms with Crippen LogP contribution in [-0.4, -0.2) is 52.4 Å². The van der Waals surface area contributed by atoms with Crippen LogP contribution in [-0.2, 0) is 9.53 Å². The van der Waals surface area contributed by atoms with Crippen LogP contribution in [0.25, 0.3) is 5.69 Å². The fourth-order valence-corrected chi connectivity index (χ4v) is 3.81. The number of aryl methyl sites for hydroxylation is 1. The minimum absolute atomic E-state index is 0.0251. The van der Waals surface area contributed by atoms with Gasteiger partial charge in [0.2, 0.25) is 5.91 Å². The molecule has 0 atom stereocenters. The van der Waals surface area contributed by atoms with E-state index in [1.54, 1.807) is 24.3 Å². The molecule has 1 saturated carbocycles. The monoisotopic (exact) mass is 358 g/mol. The van der Waals surface area contributed by atoms with Gasteiger partial charge in [0.1, 0.15) is 17.3 Å². The number of amides is 1. The second-order valence-corrected chi connectivity index (χ2v) is 7.13. The first kappa shape index (κ1) is 17.2. The van der Waals surface area contributed by atoms with Gasteiger partial charge < -0.3 is 10.1 Å². The van der Waals surface area contributed by atoms with Crippen molar-refractivity contribution in [2.75, 3.05) is 31.6 Å². The van der Waals surface area contributed by atoms with Gasteiger partial charge in [-0.2, -0.15) is 5.10 Å². The molecule has 2 aromatic rings. The fraction of sp³-hybridized carbons (Fsp3) is 0.474. The topological polar surface area (TPSA) is 59.4 Å². The van der Waals surface area contributed by atoms with Crippen LogP contribution in [0.2, 0.25) is 0 Å². The number of aromatic nitrogens is 2. The molecule has 0 bridgehead atoms. The van der Waals surface area contributed by atoms with E-state index in [-0.39, 0.29) is 17.3 Å². The Morgan fingerprint density at radius 3 is 2.92 bits per heavy atom. The average molecular weight is 358 g/mol. The van der Waals surface area contributed by atoms with Crippen molar-refractivity contribution in [1.82, 2.24) is 14.7 Å². The van der Waals surface area contributed by atoms with Gasteiger partial charge in [-0.1, -0.05) is 12.1 Å². The van der Waals surface area contributed by atoms with Crippen LogP contribution in [0, 0.1) is 12.7 Å². The molecular weight excluding hydrogens is 335 g/mol. The summed E-state index contributed by atoms with van der Waals surface area (Å²) in [4.78, 5) is 14.9. The summed E-state index contributed by atoms with van der Waals surface area (Å²) in [5, 5.41) is 7.23. The summed E-state index contributed by atoms with van der Waals surface area (Å²) in [6, 6.07) is 8.15. The average Bonchev–Trinajstić information content (AvgIpc) is 2.94. The smallest absolute Gasteiger partial charge is 0.239 e. The van der Waals surface area contributed by atoms with E-state index in [9.17, 15) is 9.18 Å². The van der Waals surface area contributed by atoms with Gasteiger partial charge in [-0.15, -0.1) is 0 Å². The van der Waals surface area contributed by atoms with Crippen molar-refractivity contribution in [3.63, 3.8) is 0 Å². The fourth-order valence-electron chi connectivity index (χ4n) is 3.81. The lowest BCUT2D eigenvalue weighted by atomic mass is 9.75. The SMILES string of the molecule is Cc1cc(NC(=O)CN2CCOCC23CCC3)n(-c2ccccc2F)n1. The number of ether oxygens (including phenoxy) is 1. The first-order chi connectivity index (χ1) is 12.6. The molecule has 6 nitrogen and oxygen atoms in total. The van der Waals surface area contributed by atoms with Crippen molar-refractivity contribution >= 4 is 11.7 Å². The first-order valence-electron chi connectivity index (χ1n) is 9.02. The van der Waals surface area contributed by atoms with Crippen LogP contribution in [0.3, 0.4) is 0 Å². The van der Waals surface area contributed by atoms with Crippen LogP contribution < -0.4 is 5.32 Å². The lowest BCUT2D eigenvalue weighted by Gasteiger charge is -2.52. The van der Waals surface area contributed by atoms with Crippen molar-refractivity contribution in [2.24, 2.45) is 0 Å². The Kier molecular flexibility index (Phi) is 4.50. The zero-order valence-corrected chi connectivity index (χ0v) is 14.9. The number of hydrogen-bond donors (Lipinski definition) is 1. The highest BCUT2D eigenvalue weighted by atomic mass is 19.1. The summed E-state index contributed by atoms with van der Waals surface area (Å²) >= 11 is 0. The highest BCUT2D eigenvalue weighted by Gasteiger charge is 2.45. The summed E-state index contributed by atoms with van der Waals surface area (Å²) in [7, 11) is 0. The number of nitrogens with one attached hydrogen (secondary N) is 1. The van der Waals surface area contributed by atoms with Gasteiger partial charge >= 0.3 is 0 Å². The number of nitrogens with zero attached hydrogens (tertiary/aromatic N) is 3. The molecule has 7 heteroatoms. The Morgan fingerprint density at radius 1 is 1.38 bits per heavy atom. The summed E-state index contributed by atoms with van der Waals surface area (Å²) in [6.07, 6.45) is 3.33. The lowest BCUT2D eigenvalue weighted by Crippen LogP contribution is -2.62. The molecule has 0 unspecified atom stereocenters. The summed E-state index contributed by atoms with van der Waals surface area (Å²) < 4.78 is 21.2. The Bertz CT molecular complexity index is 816. The number of morpholine rings is 1. The van der Waals surface area contributed by atoms with E-state index in [4.69, 9.17) is 4.74 Å². The Balaban J connectivity index is 1.51. The van der Waals surface area contributed by atoms with Crippen molar-refractivity contribution in [1.29, 1.82) is 0 Å². The molecule has 1 saturated heterocycles. The van der Waals surface area contributed by atoms with Crippen LogP contribution >= 0.6 is 0 Å². The van der Waals surface area contributed by atoms with Crippen molar-refractivity contribution < 1.29 is 13.9 Å². The first-order valence-corrected chi connectivity index (χ1v) is 9.02. The molecule has 1 amide bonds. The maximum atomic E-state index is 14.1. The summed E-state index contributed by atoms with van der Waals surface area (Å²) in [5.41, 5.74) is 1.06. The number of anilines is 1. The number of rotatable bonds is 4. The second-order valence-electron chi connectivity index (χ2n) is 7.13. The standard InChI is InChI=1S/C19H23FN4O2/c1-14-11-17(24(22-14)16-6-3-2-5-15(16)20)21-18(25)12-23-9-10-26-13-19(23)7-4-8-19/h2-3,5-6,11H,4,7-10,12-13H2,1H3,(H,21,25). The van der Waals surface area contributed by atoms with E-state index < -0.39 is 0 Å². The normalized spacial score (nSPS) is 19.3. The van der Waals surface area contributed by atoms with Crippen LogP contribution in [0.1, 0.15) is 25.0 Å². The van der Waals surface area contributed by atoms with Crippen molar-refractivity contribution in [3.8, 4) is 5.69 Å². The Hall–Kier alpha value is -2.25. The van der Waals surface area contributed by atoms with E-state index >= 15 is 0 Å². The number of carbonyl (C=O) groups is 1. The third kappa shape index (κ3) is 3.12. The zero-order chi connectivity index (χ0) is 18.1. The third-order valence-electron chi connectivity index (χ3n) is 5.35. The number of hydrogen-bond acceptors (Lipinski definition) is 4. The molecule has 26 heavy (non-hydrogen) atoms. The molecule has 2 fully saturated rings. The largest absolute Gasteiger partial charge is 0.378 e. The predicted molar refractivity (Wildman–Crippen MR) is 95.9 cm³/mol. The third-order valence-corrected chi connectivity index (χ3v) is 5.35. The molecule has 0 radical (unpaired) electrons. The molecule has 2 heterocycles. The molecule has 1 aromatic heterocycles. The molecule has 1 spiro atoms. The van der Waals surface area contributed by atoms with Gasteiger partial charge in [-0.05, 0) is 38.3 Å². The number of benzene rings is 1. The molecule has 4 rings (SSSR count). The Morgan fingerprint density at radius 2 is 2.19 bits per heavy atom. The minimum Gasteiger partial charge on any atom is -0.378 e. The highest BCUT2D eigenvalue weighted by molar-refractivity contribution is 5.91. The van der Waals surface area contributed by atoms with Crippen LogP contribution in [0.4, 0.5) is 10.2 Å². The van der Waals surface area contributed by atoms with Gasteiger partial charge in [0.25, 0.3) is 0 Å². The number of carbonyl (C=O) groups excluding carboxylic acids is 1. The van der Waals surface area contributed by atoms with Gasteiger partial charge in [-0.25, -0.2) is 9.07 Å². The van der Waals surface area contributed by atoms with E-state index in [1.165, 1.54) is 17.2 Å². The van der Waals surface area contributed by atoms with E-state index in [2.05, 4.69) is 15.3 Å². The van der Waals surface area contributed by atoms with Crippen molar-refractivity contribution in [3.05, 3.63) is 41.8 Å². The molecule has 1 aromatic carbocycles. The van der Waals surface area contributed by atoms with E-state index in [0.717, 1.165) is 19.4 Å². The molecular formula is C19H23FN4O2. The zero-order valence-electron chi connectivity index (χ0n) is 14.9.